The van der Waals surface area contributed by atoms with E-state index in [0.717, 1.165) is 11.1 Å². The van der Waals surface area contributed by atoms with Crippen molar-refractivity contribution in [1.29, 1.82) is 0 Å². The molecule has 156 valence electrons. The van der Waals surface area contributed by atoms with E-state index in [0.29, 0.717) is 17.5 Å². The Morgan fingerprint density at radius 3 is 2.07 bits per heavy atom. The molecule has 27 heavy (non-hydrogen) atoms. The van der Waals surface area contributed by atoms with Crippen molar-refractivity contribution in [2.45, 2.75) is 87.3 Å². The first-order valence-electron chi connectivity index (χ1n) is 9.51. The minimum absolute atomic E-state index is 0.0108. The van der Waals surface area contributed by atoms with E-state index in [1.807, 2.05) is 27.7 Å². The summed E-state index contributed by atoms with van der Waals surface area (Å²) in [6.07, 6.45) is -0.229. The maximum atomic E-state index is 11.8. The molecular weight excluding hydrogens is 346 g/mol. The number of amides is 1. The Balaban J connectivity index is 0. The van der Waals surface area contributed by atoms with Crippen LogP contribution in [0.25, 0.3) is 0 Å². The third-order valence-electron chi connectivity index (χ3n) is 3.38. The Bertz CT molecular complexity index is 604. The fourth-order valence-electron chi connectivity index (χ4n) is 2.28. The van der Waals surface area contributed by atoms with Crippen LogP contribution in [-0.4, -0.2) is 27.9 Å². The van der Waals surface area contributed by atoms with E-state index >= 15 is 0 Å². The first-order chi connectivity index (χ1) is 12.5. The van der Waals surface area contributed by atoms with Crippen LogP contribution >= 0.6 is 0 Å². The summed E-state index contributed by atoms with van der Waals surface area (Å²) in [7, 11) is 0. The zero-order chi connectivity index (χ0) is 21.8. The summed E-state index contributed by atoms with van der Waals surface area (Å²) in [4.78, 5) is 22.6. The van der Waals surface area contributed by atoms with Crippen LogP contribution < -0.4 is 5.32 Å². The molecule has 1 aromatic carbocycles. The summed E-state index contributed by atoms with van der Waals surface area (Å²) in [6, 6.07) is 1.76. The van der Waals surface area contributed by atoms with Crippen molar-refractivity contribution < 1.29 is 24.5 Å². The third kappa shape index (κ3) is 10.5. The Kier molecular flexibility index (Phi) is 13.0. The number of ether oxygens (including phenoxy) is 1. The van der Waals surface area contributed by atoms with Crippen molar-refractivity contribution in [3.63, 3.8) is 0 Å². The molecule has 0 unspecified atom stereocenters. The molecule has 3 N–H and O–H groups in total. The number of carbonyl (C=O) groups excluding carboxylic acids is 1. The molecule has 0 aliphatic heterocycles. The molecule has 0 aliphatic rings. The number of aromatic hydroxyl groups is 1. The smallest absolute Gasteiger partial charge is 0.407 e. The van der Waals surface area contributed by atoms with E-state index in [2.05, 4.69) is 5.32 Å². The van der Waals surface area contributed by atoms with Gasteiger partial charge in [0.05, 0.1) is 0 Å². The molecule has 0 spiro atoms. The van der Waals surface area contributed by atoms with Crippen LogP contribution in [0.3, 0.4) is 0 Å². The van der Waals surface area contributed by atoms with Gasteiger partial charge in [-0.3, -0.25) is 4.79 Å². The average Bonchev–Trinajstić information content (AvgIpc) is 2.59. The van der Waals surface area contributed by atoms with Crippen molar-refractivity contribution in [1.82, 2.24) is 5.32 Å². The highest BCUT2D eigenvalue weighted by Crippen LogP contribution is 2.29. The first-order valence-corrected chi connectivity index (χ1v) is 9.51. The number of aliphatic carboxylic acids is 1. The molecule has 1 aromatic rings. The molecule has 1 amide bonds. The number of aryl methyl sites for hydroxylation is 2. The fraction of sp³-hybridized carbons (Fsp3) is 0.619. The molecule has 6 nitrogen and oxygen atoms in total. The predicted octanol–water partition coefficient (Wildman–Crippen LogP) is 5.10. The second-order valence-electron chi connectivity index (χ2n) is 6.55. The van der Waals surface area contributed by atoms with Gasteiger partial charge in [0.1, 0.15) is 11.4 Å². The van der Waals surface area contributed by atoms with Gasteiger partial charge < -0.3 is 20.3 Å². The lowest BCUT2D eigenvalue weighted by Crippen LogP contribution is -2.32. The van der Waals surface area contributed by atoms with E-state index in [1.54, 1.807) is 40.7 Å². The molecule has 0 bridgehead atoms. The fourth-order valence-corrected chi connectivity index (χ4v) is 2.28. The quantitative estimate of drug-likeness (QED) is 0.657. The predicted molar refractivity (Wildman–Crippen MR) is 109 cm³/mol. The third-order valence-corrected chi connectivity index (χ3v) is 3.38. The average molecular weight is 384 g/mol. The van der Waals surface area contributed by atoms with Gasteiger partial charge in [0.15, 0.2) is 0 Å². The van der Waals surface area contributed by atoms with Crippen molar-refractivity contribution in [2.24, 2.45) is 0 Å². The van der Waals surface area contributed by atoms with Crippen LogP contribution in [0.15, 0.2) is 6.07 Å². The van der Waals surface area contributed by atoms with Crippen LogP contribution in [0.1, 0.15) is 77.1 Å². The number of phenolic OH excluding ortho intramolecular Hbond substituents is 1. The highest BCUT2D eigenvalue weighted by molar-refractivity contribution is 5.68. The monoisotopic (exact) mass is 383 g/mol. The van der Waals surface area contributed by atoms with E-state index in [1.165, 1.54) is 0 Å². The molecule has 6 heteroatoms. The van der Waals surface area contributed by atoms with Gasteiger partial charge >= 0.3 is 12.1 Å². The molecule has 0 saturated carbocycles. The number of nitrogens with one attached hydrogen (secondary N) is 1. The summed E-state index contributed by atoms with van der Waals surface area (Å²) >= 11 is 0. The summed E-state index contributed by atoms with van der Waals surface area (Å²) in [5.74, 6) is -0.732. The molecule has 0 fully saturated rings. The number of benzene rings is 1. The molecule has 0 aromatic heterocycles. The van der Waals surface area contributed by atoms with E-state index < -0.39 is 17.7 Å². The highest BCUT2D eigenvalue weighted by Gasteiger charge is 2.18. The van der Waals surface area contributed by atoms with Crippen molar-refractivity contribution in [2.75, 3.05) is 0 Å². The number of carbonyl (C=O) groups is 2. The summed E-state index contributed by atoms with van der Waals surface area (Å²) in [6.45, 7) is 17.0. The number of hydrogen-bond donors (Lipinski definition) is 3. The Morgan fingerprint density at radius 2 is 1.63 bits per heavy atom. The van der Waals surface area contributed by atoms with Gasteiger partial charge in [-0.25, -0.2) is 4.79 Å². The second kappa shape index (κ2) is 13.0. The van der Waals surface area contributed by atoms with Gasteiger partial charge in [-0.1, -0.05) is 33.8 Å². The Hall–Kier alpha value is -2.24. The topological polar surface area (TPSA) is 95.9 Å². The zero-order valence-electron chi connectivity index (χ0n) is 18.3. The van der Waals surface area contributed by atoms with Crippen LogP contribution in [-0.2, 0) is 22.5 Å². The lowest BCUT2D eigenvalue weighted by atomic mass is 9.94. The number of carboxylic acids is 1. The number of carboxylic acid groups (broad SMARTS) is 1. The second-order valence-corrected chi connectivity index (χ2v) is 6.55. The first kappa shape index (κ1) is 27.0. The maximum Gasteiger partial charge on any atom is 0.407 e. The standard InChI is InChI=1S/C17H25NO5.2C2H6/c1-10-8-12(6-7-14(19)20)13(11(2)15(10)21)9-18-16(22)23-17(3,4)5;2*1-2/h8,21H,6-7,9H2,1-5H3,(H,18,22)(H,19,20);2*1-2H3. The van der Waals surface area contributed by atoms with Crippen molar-refractivity contribution in [3.05, 3.63) is 28.3 Å². The van der Waals surface area contributed by atoms with E-state index in [9.17, 15) is 14.7 Å². The van der Waals surface area contributed by atoms with Crippen molar-refractivity contribution in [3.8, 4) is 5.75 Å². The molecule has 0 heterocycles. The summed E-state index contributed by atoms with van der Waals surface area (Å²) in [5, 5.41) is 21.6. The van der Waals surface area contributed by atoms with Crippen LogP contribution in [0, 0.1) is 13.8 Å². The lowest BCUT2D eigenvalue weighted by molar-refractivity contribution is -0.136. The van der Waals surface area contributed by atoms with Gasteiger partial charge in [-0.15, -0.1) is 0 Å². The Labute approximate surface area is 163 Å². The van der Waals surface area contributed by atoms with Crippen LogP contribution in [0.5, 0.6) is 5.75 Å². The summed E-state index contributed by atoms with van der Waals surface area (Å²) < 4.78 is 5.18. The van der Waals surface area contributed by atoms with Gasteiger partial charge in [-0.2, -0.15) is 0 Å². The normalized spacial score (nSPS) is 9.96. The van der Waals surface area contributed by atoms with Crippen LogP contribution in [0.2, 0.25) is 0 Å². The number of hydrogen-bond acceptors (Lipinski definition) is 4. The molecule has 0 aliphatic carbocycles. The maximum absolute atomic E-state index is 11.8. The molecule has 0 saturated heterocycles. The van der Waals surface area contributed by atoms with Crippen LogP contribution in [0.4, 0.5) is 4.79 Å². The highest BCUT2D eigenvalue weighted by atomic mass is 16.6. The SMILES string of the molecule is CC.CC.Cc1cc(CCC(=O)O)c(CNC(=O)OC(C)(C)C)c(C)c1O. The van der Waals surface area contributed by atoms with Gasteiger partial charge in [0.25, 0.3) is 0 Å². The molecule has 0 atom stereocenters. The number of phenols is 1. The molecule has 1 rings (SSSR count). The van der Waals surface area contributed by atoms with Gasteiger partial charge in [0.2, 0.25) is 0 Å². The number of rotatable bonds is 5. The van der Waals surface area contributed by atoms with E-state index in [4.69, 9.17) is 9.84 Å². The van der Waals surface area contributed by atoms with E-state index in [-0.39, 0.29) is 18.7 Å². The Morgan fingerprint density at radius 1 is 1.11 bits per heavy atom. The largest absolute Gasteiger partial charge is 0.507 e. The lowest BCUT2D eigenvalue weighted by Gasteiger charge is -2.21. The number of alkyl carbamates (subject to hydrolysis) is 1. The minimum atomic E-state index is -0.889. The minimum Gasteiger partial charge on any atom is -0.507 e. The summed E-state index contributed by atoms with van der Waals surface area (Å²) in [5.41, 5.74) is 2.25. The van der Waals surface area contributed by atoms with Crippen molar-refractivity contribution >= 4 is 12.1 Å². The molecule has 0 radical (unpaired) electrons. The van der Waals surface area contributed by atoms with Gasteiger partial charge in [0, 0.05) is 13.0 Å². The molecular formula is C21H37NO5. The zero-order valence-corrected chi connectivity index (χ0v) is 18.3. The van der Waals surface area contributed by atoms with Gasteiger partial charge in [-0.05, 0) is 63.3 Å².